The standard InChI is InChI=1S/C16H28N2O2/c1-15(2,3)12-7-6-9-16(19,10-8-12)14-13(20-5)11-17-18(14)4/h11-12,19H,6-10H2,1-5H3. The molecular weight excluding hydrogens is 252 g/mol. The van der Waals surface area contributed by atoms with E-state index in [4.69, 9.17) is 4.74 Å². The predicted octanol–water partition coefficient (Wildman–Crippen LogP) is 3.24. The Morgan fingerprint density at radius 1 is 1.35 bits per heavy atom. The molecule has 1 aromatic heterocycles. The van der Waals surface area contributed by atoms with E-state index < -0.39 is 5.60 Å². The van der Waals surface area contributed by atoms with E-state index in [0.717, 1.165) is 31.4 Å². The third kappa shape index (κ3) is 2.85. The maximum Gasteiger partial charge on any atom is 0.162 e. The molecule has 1 fully saturated rings. The first-order valence-corrected chi connectivity index (χ1v) is 7.57. The topological polar surface area (TPSA) is 47.3 Å². The average Bonchev–Trinajstić information content (AvgIpc) is 2.61. The second-order valence-electron chi connectivity index (χ2n) is 7.21. The van der Waals surface area contributed by atoms with Crippen LogP contribution >= 0.6 is 0 Å². The SMILES string of the molecule is COc1cnn(C)c1C1(O)CCCC(C(C)(C)C)CC1. The highest BCUT2D eigenvalue weighted by Gasteiger charge is 2.39. The molecule has 1 aromatic rings. The van der Waals surface area contributed by atoms with Crippen molar-refractivity contribution in [1.82, 2.24) is 9.78 Å². The zero-order valence-corrected chi connectivity index (χ0v) is 13.4. The maximum atomic E-state index is 11.1. The smallest absolute Gasteiger partial charge is 0.162 e. The van der Waals surface area contributed by atoms with Crippen molar-refractivity contribution in [3.63, 3.8) is 0 Å². The van der Waals surface area contributed by atoms with E-state index in [0.29, 0.717) is 17.1 Å². The molecular formula is C16H28N2O2. The summed E-state index contributed by atoms with van der Waals surface area (Å²) in [4.78, 5) is 0. The van der Waals surface area contributed by atoms with Gasteiger partial charge in [-0.2, -0.15) is 5.10 Å². The fraction of sp³-hybridized carbons (Fsp3) is 0.812. The summed E-state index contributed by atoms with van der Waals surface area (Å²) in [5.41, 5.74) is 0.327. The van der Waals surface area contributed by atoms with Crippen LogP contribution in [-0.4, -0.2) is 22.0 Å². The van der Waals surface area contributed by atoms with E-state index in [1.807, 2.05) is 7.05 Å². The number of aromatic nitrogens is 2. The van der Waals surface area contributed by atoms with Gasteiger partial charge >= 0.3 is 0 Å². The van der Waals surface area contributed by atoms with Crippen molar-refractivity contribution in [2.45, 2.75) is 58.5 Å². The van der Waals surface area contributed by atoms with Crippen LogP contribution in [0.25, 0.3) is 0 Å². The van der Waals surface area contributed by atoms with Crippen molar-refractivity contribution in [2.75, 3.05) is 7.11 Å². The van der Waals surface area contributed by atoms with Gasteiger partial charge in [0.1, 0.15) is 11.3 Å². The number of ether oxygens (including phenoxy) is 1. The van der Waals surface area contributed by atoms with E-state index >= 15 is 0 Å². The van der Waals surface area contributed by atoms with Crippen molar-refractivity contribution in [1.29, 1.82) is 0 Å². The molecule has 114 valence electrons. The molecule has 0 amide bonds. The zero-order chi connectivity index (χ0) is 15.0. The van der Waals surface area contributed by atoms with Crippen LogP contribution in [0.1, 0.15) is 58.6 Å². The molecule has 0 aromatic carbocycles. The van der Waals surface area contributed by atoms with Crippen molar-refractivity contribution < 1.29 is 9.84 Å². The Balaban J connectivity index is 2.25. The molecule has 0 saturated heterocycles. The van der Waals surface area contributed by atoms with Gasteiger partial charge in [0, 0.05) is 7.05 Å². The minimum absolute atomic E-state index is 0.307. The number of hydrogen-bond acceptors (Lipinski definition) is 3. The summed E-state index contributed by atoms with van der Waals surface area (Å²) in [7, 11) is 3.51. The van der Waals surface area contributed by atoms with Gasteiger partial charge in [-0.05, 0) is 43.4 Å². The molecule has 0 aliphatic heterocycles. The molecule has 2 rings (SSSR count). The number of aliphatic hydroxyl groups is 1. The fourth-order valence-corrected chi connectivity index (χ4v) is 3.52. The molecule has 1 heterocycles. The van der Waals surface area contributed by atoms with Gasteiger partial charge in [-0.1, -0.05) is 20.8 Å². The number of rotatable bonds is 2. The molecule has 1 aliphatic rings. The highest BCUT2D eigenvalue weighted by atomic mass is 16.5. The van der Waals surface area contributed by atoms with E-state index in [1.54, 1.807) is 18.0 Å². The quantitative estimate of drug-likeness (QED) is 0.846. The highest BCUT2D eigenvalue weighted by molar-refractivity contribution is 5.31. The first-order valence-electron chi connectivity index (χ1n) is 7.57. The normalized spacial score (nSPS) is 28.2. The summed E-state index contributed by atoms with van der Waals surface area (Å²) in [5.74, 6) is 1.36. The Morgan fingerprint density at radius 2 is 2.05 bits per heavy atom. The summed E-state index contributed by atoms with van der Waals surface area (Å²) in [6, 6.07) is 0. The molecule has 1 aliphatic carbocycles. The van der Waals surface area contributed by atoms with Crippen LogP contribution in [0, 0.1) is 11.3 Å². The van der Waals surface area contributed by atoms with Crippen LogP contribution in [0.5, 0.6) is 5.75 Å². The van der Waals surface area contributed by atoms with Crippen molar-refractivity contribution >= 4 is 0 Å². The second-order valence-corrected chi connectivity index (χ2v) is 7.21. The van der Waals surface area contributed by atoms with Gasteiger partial charge in [-0.15, -0.1) is 0 Å². The van der Waals surface area contributed by atoms with Gasteiger partial charge in [0.05, 0.1) is 13.3 Å². The van der Waals surface area contributed by atoms with Crippen LogP contribution in [0.2, 0.25) is 0 Å². The maximum absolute atomic E-state index is 11.1. The van der Waals surface area contributed by atoms with Crippen molar-refractivity contribution in [3.05, 3.63) is 11.9 Å². The lowest BCUT2D eigenvalue weighted by atomic mass is 9.76. The monoisotopic (exact) mass is 280 g/mol. The van der Waals surface area contributed by atoms with Gasteiger partial charge in [0.15, 0.2) is 5.75 Å². The molecule has 0 bridgehead atoms. The molecule has 0 radical (unpaired) electrons. The Kier molecular flexibility index (Phi) is 4.14. The van der Waals surface area contributed by atoms with Crippen LogP contribution in [0.15, 0.2) is 6.20 Å². The summed E-state index contributed by atoms with van der Waals surface area (Å²) in [6.45, 7) is 6.89. The molecule has 1 saturated carbocycles. The van der Waals surface area contributed by atoms with Gasteiger partial charge in [-0.3, -0.25) is 4.68 Å². The summed E-state index contributed by atoms with van der Waals surface area (Å²) in [5, 5.41) is 15.4. The van der Waals surface area contributed by atoms with Gasteiger partial charge < -0.3 is 9.84 Å². The number of hydrogen-bond donors (Lipinski definition) is 1. The Labute approximate surface area is 122 Å². The van der Waals surface area contributed by atoms with Crippen LogP contribution in [0.3, 0.4) is 0 Å². The molecule has 2 atom stereocenters. The lowest BCUT2D eigenvalue weighted by Crippen LogP contribution is -2.29. The number of aryl methyl sites for hydroxylation is 1. The predicted molar refractivity (Wildman–Crippen MR) is 79.7 cm³/mol. The van der Waals surface area contributed by atoms with Crippen molar-refractivity contribution in [2.24, 2.45) is 18.4 Å². The second kappa shape index (κ2) is 5.40. The number of methoxy groups -OCH3 is 1. The van der Waals surface area contributed by atoms with Crippen LogP contribution < -0.4 is 4.74 Å². The van der Waals surface area contributed by atoms with Crippen LogP contribution in [-0.2, 0) is 12.6 Å². The minimum Gasteiger partial charge on any atom is -0.493 e. The summed E-state index contributed by atoms with van der Waals surface area (Å²) >= 11 is 0. The lowest BCUT2D eigenvalue weighted by Gasteiger charge is -2.31. The minimum atomic E-state index is -0.809. The number of nitrogens with zero attached hydrogens (tertiary/aromatic N) is 2. The Hall–Kier alpha value is -1.03. The van der Waals surface area contributed by atoms with E-state index in [2.05, 4.69) is 25.9 Å². The van der Waals surface area contributed by atoms with E-state index in [9.17, 15) is 5.11 Å². The van der Waals surface area contributed by atoms with E-state index in [1.165, 1.54) is 6.42 Å². The highest BCUT2D eigenvalue weighted by Crippen LogP contribution is 2.45. The van der Waals surface area contributed by atoms with E-state index in [-0.39, 0.29) is 0 Å². The van der Waals surface area contributed by atoms with Gasteiger partial charge in [-0.25, -0.2) is 0 Å². The van der Waals surface area contributed by atoms with Crippen LogP contribution in [0.4, 0.5) is 0 Å². The molecule has 4 heteroatoms. The molecule has 20 heavy (non-hydrogen) atoms. The Morgan fingerprint density at radius 3 is 2.65 bits per heavy atom. The molecule has 1 N–H and O–H groups in total. The zero-order valence-electron chi connectivity index (χ0n) is 13.4. The largest absolute Gasteiger partial charge is 0.493 e. The molecule has 4 nitrogen and oxygen atoms in total. The first-order chi connectivity index (χ1) is 9.28. The summed E-state index contributed by atoms with van der Waals surface area (Å²) in [6.07, 6.45) is 6.55. The summed E-state index contributed by atoms with van der Waals surface area (Å²) < 4.78 is 7.14. The van der Waals surface area contributed by atoms with Gasteiger partial charge in [0.25, 0.3) is 0 Å². The average molecular weight is 280 g/mol. The third-order valence-electron chi connectivity index (χ3n) is 4.84. The lowest BCUT2D eigenvalue weighted by molar-refractivity contribution is 0.00807. The van der Waals surface area contributed by atoms with Gasteiger partial charge in [0.2, 0.25) is 0 Å². The third-order valence-corrected chi connectivity index (χ3v) is 4.84. The van der Waals surface area contributed by atoms with Crippen molar-refractivity contribution in [3.8, 4) is 5.75 Å². The molecule has 2 unspecified atom stereocenters. The fourth-order valence-electron chi connectivity index (χ4n) is 3.52. The first kappa shape index (κ1) is 15.4. The Bertz CT molecular complexity index is 462. The molecule has 0 spiro atoms.